The van der Waals surface area contributed by atoms with Crippen LogP contribution in [0.25, 0.3) is 0 Å². The molecule has 0 aromatic carbocycles. The third-order valence-electron chi connectivity index (χ3n) is 3.30. The Balaban J connectivity index is 2.70. The first kappa shape index (κ1) is 15.2. The van der Waals surface area contributed by atoms with E-state index in [9.17, 15) is 0 Å². The molecular weight excluding hydrogens is 232 g/mol. The van der Waals surface area contributed by atoms with Gasteiger partial charge in [-0.3, -0.25) is 4.98 Å². The molecule has 2 heteroatoms. The van der Waals surface area contributed by atoms with Crippen molar-refractivity contribution in [1.29, 1.82) is 0 Å². The highest BCUT2D eigenvalue weighted by Gasteiger charge is 2.12. The largest absolute Gasteiger partial charge is 0.382 e. The SMILES string of the molecule is C=C(N[C@@H](C)C(/C=C\C)=C/C)[C@H](C)c1cccnc1. The number of rotatable bonds is 6. The molecule has 102 valence electrons. The van der Waals surface area contributed by atoms with E-state index in [1.54, 1.807) is 6.20 Å². The maximum atomic E-state index is 4.16. The second-order valence-electron chi connectivity index (χ2n) is 4.69. The van der Waals surface area contributed by atoms with Crippen LogP contribution in [0, 0.1) is 0 Å². The summed E-state index contributed by atoms with van der Waals surface area (Å²) in [5, 5.41) is 3.47. The summed E-state index contributed by atoms with van der Waals surface area (Å²) in [6.07, 6.45) is 9.99. The van der Waals surface area contributed by atoms with Gasteiger partial charge in [0.05, 0.1) is 0 Å². The van der Waals surface area contributed by atoms with Gasteiger partial charge in [-0.25, -0.2) is 0 Å². The fourth-order valence-corrected chi connectivity index (χ4v) is 2.00. The maximum Gasteiger partial charge on any atom is 0.0479 e. The Labute approximate surface area is 117 Å². The van der Waals surface area contributed by atoms with E-state index in [1.807, 2.05) is 19.2 Å². The first-order valence-corrected chi connectivity index (χ1v) is 6.74. The van der Waals surface area contributed by atoms with Crippen LogP contribution in [0.2, 0.25) is 0 Å². The predicted octanol–water partition coefficient (Wildman–Crippen LogP) is 4.20. The first-order chi connectivity index (χ1) is 9.10. The Morgan fingerprint density at radius 1 is 1.37 bits per heavy atom. The van der Waals surface area contributed by atoms with Crippen LogP contribution in [0.15, 0.2) is 60.6 Å². The number of hydrogen-bond donors (Lipinski definition) is 1. The second-order valence-corrected chi connectivity index (χ2v) is 4.69. The van der Waals surface area contributed by atoms with Crippen LogP contribution in [0.4, 0.5) is 0 Å². The Kier molecular flexibility index (Phi) is 6.07. The standard InChI is InChI=1S/C17H24N2/c1-6-9-16(7-2)15(5)19-14(4)13(3)17-10-8-11-18-12-17/h6-13,15,19H,4H2,1-3,5H3/b9-6-,16-7+/t13-,15-/m0/s1. The van der Waals surface area contributed by atoms with Crippen molar-refractivity contribution in [3.8, 4) is 0 Å². The van der Waals surface area contributed by atoms with E-state index >= 15 is 0 Å². The smallest absolute Gasteiger partial charge is 0.0479 e. The minimum absolute atomic E-state index is 0.250. The van der Waals surface area contributed by atoms with Crippen LogP contribution in [-0.4, -0.2) is 11.0 Å². The molecule has 1 aromatic rings. The summed E-state index contributed by atoms with van der Waals surface area (Å²) in [5.41, 5.74) is 3.46. The van der Waals surface area contributed by atoms with E-state index < -0.39 is 0 Å². The highest BCUT2D eigenvalue weighted by molar-refractivity contribution is 5.28. The Morgan fingerprint density at radius 3 is 2.63 bits per heavy atom. The number of nitrogens with one attached hydrogen (secondary N) is 1. The topological polar surface area (TPSA) is 24.9 Å². The zero-order chi connectivity index (χ0) is 14.3. The predicted molar refractivity (Wildman–Crippen MR) is 83.0 cm³/mol. The molecule has 1 rings (SSSR count). The van der Waals surface area contributed by atoms with Crippen LogP contribution >= 0.6 is 0 Å². The molecule has 1 N–H and O–H groups in total. The van der Waals surface area contributed by atoms with Crippen molar-refractivity contribution >= 4 is 0 Å². The number of hydrogen-bond acceptors (Lipinski definition) is 2. The van der Waals surface area contributed by atoms with E-state index in [4.69, 9.17) is 0 Å². The number of allylic oxidation sites excluding steroid dienone is 3. The lowest BCUT2D eigenvalue weighted by molar-refractivity contribution is 0.652. The summed E-state index contributed by atoms with van der Waals surface area (Å²) in [6, 6.07) is 4.30. The lowest BCUT2D eigenvalue weighted by Crippen LogP contribution is -2.28. The van der Waals surface area contributed by atoms with Gasteiger partial charge < -0.3 is 5.32 Å². The third kappa shape index (κ3) is 4.40. The highest BCUT2D eigenvalue weighted by atomic mass is 14.9. The van der Waals surface area contributed by atoms with Gasteiger partial charge in [-0.1, -0.05) is 37.8 Å². The van der Waals surface area contributed by atoms with Gasteiger partial charge in [-0.05, 0) is 38.0 Å². The quantitative estimate of drug-likeness (QED) is 0.772. The molecule has 1 heterocycles. The summed E-state index contributed by atoms with van der Waals surface area (Å²) in [4.78, 5) is 4.16. The van der Waals surface area contributed by atoms with Gasteiger partial charge in [-0.15, -0.1) is 0 Å². The van der Waals surface area contributed by atoms with E-state index in [-0.39, 0.29) is 12.0 Å². The van der Waals surface area contributed by atoms with Crippen molar-refractivity contribution in [2.45, 2.75) is 39.7 Å². The van der Waals surface area contributed by atoms with E-state index in [2.05, 4.69) is 61.9 Å². The highest BCUT2D eigenvalue weighted by Crippen LogP contribution is 2.21. The maximum absolute atomic E-state index is 4.16. The summed E-state index contributed by atoms with van der Waals surface area (Å²) >= 11 is 0. The lowest BCUT2D eigenvalue weighted by atomic mass is 9.98. The molecule has 0 aliphatic heterocycles. The van der Waals surface area contributed by atoms with Gasteiger partial charge in [0, 0.05) is 30.1 Å². The molecule has 0 unspecified atom stereocenters. The van der Waals surface area contributed by atoms with Crippen molar-refractivity contribution in [1.82, 2.24) is 10.3 Å². The molecule has 2 atom stereocenters. The van der Waals surface area contributed by atoms with Crippen molar-refractivity contribution in [3.63, 3.8) is 0 Å². The zero-order valence-electron chi connectivity index (χ0n) is 12.4. The Morgan fingerprint density at radius 2 is 2.11 bits per heavy atom. The molecule has 0 aliphatic rings. The fraction of sp³-hybridized carbons (Fsp3) is 0.353. The summed E-state index contributed by atoms with van der Waals surface area (Å²) in [6.45, 7) is 12.5. The fourth-order valence-electron chi connectivity index (χ4n) is 2.00. The normalized spacial score (nSPS) is 15.3. The molecule has 0 aliphatic carbocycles. The van der Waals surface area contributed by atoms with Gasteiger partial charge in [-0.2, -0.15) is 0 Å². The summed E-state index contributed by atoms with van der Waals surface area (Å²) in [7, 11) is 0. The van der Waals surface area contributed by atoms with Crippen molar-refractivity contribution in [2.75, 3.05) is 0 Å². The second kappa shape index (κ2) is 7.57. The van der Waals surface area contributed by atoms with Crippen molar-refractivity contribution in [2.24, 2.45) is 0 Å². The zero-order valence-corrected chi connectivity index (χ0v) is 12.4. The minimum Gasteiger partial charge on any atom is -0.382 e. The van der Waals surface area contributed by atoms with Gasteiger partial charge >= 0.3 is 0 Å². The van der Waals surface area contributed by atoms with Gasteiger partial charge in [0.15, 0.2) is 0 Å². The molecule has 0 radical (unpaired) electrons. The van der Waals surface area contributed by atoms with Crippen LogP contribution in [-0.2, 0) is 0 Å². The molecule has 0 spiro atoms. The third-order valence-corrected chi connectivity index (χ3v) is 3.30. The molecule has 1 aromatic heterocycles. The average Bonchev–Trinajstić information content (AvgIpc) is 2.44. The number of pyridine rings is 1. The summed E-state index contributed by atoms with van der Waals surface area (Å²) < 4.78 is 0. The molecule has 0 fully saturated rings. The average molecular weight is 256 g/mol. The monoisotopic (exact) mass is 256 g/mol. The molecule has 0 saturated heterocycles. The van der Waals surface area contributed by atoms with Crippen LogP contribution in [0.5, 0.6) is 0 Å². The van der Waals surface area contributed by atoms with Crippen LogP contribution in [0.3, 0.4) is 0 Å². The van der Waals surface area contributed by atoms with Crippen LogP contribution in [0.1, 0.15) is 39.2 Å². The van der Waals surface area contributed by atoms with Gasteiger partial charge in [0.25, 0.3) is 0 Å². The Hall–Kier alpha value is -1.83. The number of nitrogens with zero attached hydrogens (tertiary/aromatic N) is 1. The molecular formula is C17H24N2. The minimum atomic E-state index is 0.250. The van der Waals surface area contributed by atoms with E-state index in [1.165, 1.54) is 11.1 Å². The molecule has 0 saturated carbocycles. The lowest BCUT2D eigenvalue weighted by Gasteiger charge is -2.22. The van der Waals surface area contributed by atoms with Gasteiger partial charge in [0.2, 0.25) is 0 Å². The number of aromatic nitrogens is 1. The molecule has 19 heavy (non-hydrogen) atoms. The molecule has 0 bridgehead atoms. The van der Waals surface area contributed by atoms with Crippen molar-refractivity contribution in [3.05, 3.63) is 66.2 Å². The van der Waals surface area contributed by atoms with E-state index in [0.717, 1.165) is 5.70 Å². The van der Waals surface area contributed by atoms with Crippen LogP contribution < -0.4 is 5.32 Å². The van der Waals surface area contributed by atoms with Gasteiger partial charge in [0.1, 0.15) is 0 Å². The molecule has 0 amide bonds. The Bertz CT molecular complexity index is 457. The van der Waals surface area contributed by atoms with E-state index in [0.29, 0.717) is 0 Å². The molecule has 2 nitrogen and oxygen atoms in total. The summed E-state index contributed by atoms with van der Waals surface area (Å²) in [5.74, 6) is 0.250. The first-order valence-electron chi connectivity index (χ1n) is 6.74. The van der Waals surface area contributed by atoms with Crippen molar-refractivity contribution < 1.29 is 0 Å².